The molecule has 3 aliphatic rings. The van der Waals surface area contributed by atoms with Gasteiger partial charge in [0.15, 0.2) is 0 Å². The van der Waals surface area contributed by atoms with E-state index in [1.54, 1.807) is 32.8 Å². The van der Waals surface area contributed by atoms with Gasteiger partial charge in [0, 0.05) is 36.8 Å². The lowest BCUT2D eigenvalue weighted by atomic mass is 9.77. The summed E-state index contributed by atoms with van der Waals surface area (Å²) in [6, 6.07) is 9.72. The number of hydrogen-bond acceptors (Lipinski definition) is 6. The lowest BCUT2D eigenvalue weighted by Gasteiger charge is -2.42. The van der Waals surface area contributed by atoms with E-state index in [4.69, 9.17) is 4.74 Å². The molecule has 2 aromatic carbocycles. The summed E-state index contributed by atoms with van der Waals surface area (Å²) in [5, 5.41) is 18.3. The van der Waals surface area contributed by atoms with Crippen molar-refractivity contribution in [3.8, 4) is 5.75 Å². The van der Waals surface area contributed by atoms with Crippen LogP contribution in [0.2, 0.25) is 0 Å². The van der Waals surface area contributed by atoms with Crippen molar-refractivity contribution in [2.45, 2.75) is 71.2 Å². The third-order valence-electron chi connectivity index (χ3n) is 9.01. The number of aliphatic carboxylic acids is 1. The van der Waals surface area contributed by atoms with Crippen molar-refractivity contribution in [3.63, 3.8) is 0 Å². The summed E-state index contributed by atoms with van der Waals surface area (Å²) in [6.07, 6.45) is 4.51. The minimum atomic E-state index is -0.971. The molecule has 1 fully saturated rings. The number of hydrogen-bond donors (Lipinski definition) is 1. The topological polar surface area (TPSA) is 118 Å². The lowest BCUT2D eigenvalue weighted by molar-refractivity contribution is -0.153. The van der Waals surface area contributed by atoms with Crippen molar-refractivity contribution in [2.24, 2.45) is 11.8 Å². The fourth-order valence-corrected chi connectivity index (χ4v) is 6.75. The van der Waals surface area contributed by atoms with Crippen LogP contribution in [0, 0.1) is 17.7 Å². The van der Waals surface area contributed by atoms with Crippen LogP contribution in [0.25, 0.3) is 0 Å². The molecular weight excluding hydrogens is 553 g/mol. The van der Waals surface area contributed by atoms with Crippen molar-refractivity contribution in [3.05, 3.63) is 76.4 Å². The van der Waals surface area contributed by atoms with Gasteiger partial charge >= 0.3 is 5.97 Å². The number of carbonyl (C=O) groups excluding carboxylic acids is 2. The third kappa shape index (κ3) is 5.48. The molecule has 1 aliphatic carbocycles. The molecule has 0 spiro atoms. The molecule has 2 aliphatic heterocycles. The maximum atomic E-state index is 15.4. The van der Waals surface area contributed by atoms with Crippen molar-refractivity contribution in [1.82, 2.24) is 24.8 Å². The Morgan fingerprint density at radius 1 is 1.12 bits per heavy atom. The number of amides is 2. The van der Waals surface area contributed by atoms with Crippen LogP contribution in [0.3, 0.4) is 0 Å². The molecule has 3 heterocycles. The molecule has 6 rings (SSSR count). The third-order valence-corrected chi connectivity index (χ3v) is 9.01. The SMILES string of the molecule is CC(C)n1cc(COc2ccc(F)c3c2[C@@H](CN2Cc4ccccc4C2=O)N(C(=O)C2CCCCC2C(=O)O)CC3)nn1. The van der Waals surface area contributed by atoms with E-state index < -0.39 is 29.7 Å². The van der Waals surface area contributed by atoms with E-state index in [1.165, 1.54) is 6.07 Å². The summed E-state index contributed by atoms with van der Waals surface area (Å²) in [5.74, 6) is -2.83. The molecule has 0 radical (unpaired) electrons. The summed E-state index contributed by atoms with van der Waals surface area (Å²) in [6.45, 7) is 4.78. The molecule has 1 saturated carbocycles. The smallest absolute Gasteiger partial charge is 0.307 e. The molecule has 11 heteroatoms. The molecule has 226 valence electrons. The Hall–Kier alpha value is -4.28. The summed E-state index contributed by atoms with van der Waals surface area (Å²) < 4.78 is 23.4. The van der Waals surface area contributed by atoms with Crippen LogP contribution in [0.5, 0.6) is 5.75 Å². The molecule has 2 amide bonds. The Morgan fingerprint density at radius 2 is 1.88 bits per heavy atom. The summed E-state index contributed by atoms with van der Waals surface area (Å²) in [7, 11) is 0. The first kappa shape index (κ1) is 28.8. The van der Waals surface area contributed by atoms with E-state index in [1.807, 2.05) is 32.0 Å². The van der Waals surface area contributed by atoms with E-state index in [0.29, 0.717) is 47.5 Å². The van der Waals surface area contributed by atoms with Crippen LogP contribution in [-0.4, -0.2) is 60.8 Å². The Morgan fingerprint density at radius 3 is 2.60 bits per heavy atom. The minimum Gasteiger partial charge on any atom is -0.487 e. The number of carboxylic acid groups (broad SMARTS) is 1. The fraction of sp³-hybridized carbons (Fsp3) is 0.469. The highest BCUT2D eigenvalue weighted by atomic mass is 19.1. The van der Waals surface area contributed by atoms with Crippen molar-refractivity contribution in [2.75, 3.05) is 13.1 Å². The zero-order valence-electron chi connectivity index (χ0n) is 24.4. The quantitative estimate of drug-likeness (QED) is 0.410. The second kappa shape index (κ2) is 11.8. The standard InChI is InChI=1S/C32H36FN5O5/c1-19(2)38-16-21(34-35-38)18-43-28-12-11-26(33)25-13-14-37(31(40)23-9-5-6-10-24(23)32(41)42)27(29(25)28)17-36-15-20-7-3-4-8-22(20)30(36)39/h3-4,7-8,11-12,16,19,23-24,27H,5-6,9-10,13-15,17-18H2,1-2H3,(H,41,42)/t23?,24?,27-/m1/s1. The molecule has 1 N–H and O–H groups in total. The lowest BCUT2D eigenvalue weighted by Crippen LogP contribution is -2.50. The summed E-state index contributed by atoms with van der Waals surface area (Å²) in [4.78, 5) is 43.1. The Kier molecular flexibility index (Phi) is 7.89. The number of nitrogens with zero attached hydrogens (tertiary/aromatic N) is 5. The van der Waals surface area contributed by atoms with Crippen molar-refractivity contribution >= 4 is 17.8 Å². The minimum absolute atomic E-state index is 0.0866. The van der Waals surface area contributed by atoms with Crippen LogP contribution >= 0.6 is 0 Å². The van der Waals surface area contributed by atoms with Crippen molar-refractivity contribution in [1.29, 1.82) is 0 Å². The molecule has 3 aromatic rings. The van der Waals surface area contributed by atoms with E-state index in [0.717, 1.165) is 18.4 Å². The number of carboxylic acids is 1. The first-order chi connectivity index (χ1) is 20.7. The zero-order chi connectivity index (χ0) is 30.2. The van der Waals surface area contributed by atoms with E-state index in [9.17, 15) is 19.5 Å². The predicted molar refractivity (Wildman–Crippen MR) is 154 cm³/mol. The van der Waals surface area contributed by atoms with Gasteiger partial charge in [-0.05, 0) is 62.4 Å². The molecule has 0 bridgehead atoms. The summed E-state index contributed by atoms with van der Waals surface area (Å²) in [5.41, 5.74) is 3.06. The highest BCUT2D eigenvalue weighted by Crippen LogP contribution is 2.42. The Labute approximate surface area is 249 Å². The second-order valence-electron chi connectivity index (χ2n) is 12.0. The monoisotopic (exact) mass is 589 g/mol. The van der Waals surface area contributed by atoms with Gasteiger partial charge in [0.1, 0.15) is 23.9 Å². The molecule has 2 unspecified atom stereocenters. The van der Waals surface area contributed by atoms with Crippen LogP contribution in [0.15, 0.2) is 42.6 Å². The van der Waals surface area contributed by atoms with E-state index >= 15 is 4.39 Å². The average Bonchev–Trinajstić information content (AvgIpc) is 3.61. The van der Waals surface area contributed by atoms with Gasteiger partial charge in [-0.2, -0.15) is 0 Å². The number of aromatic nitrogens is 3. The maximum Gasteiger partial charge on any atom is 0.307 e. The normalized spacial score (nSPS) is 21.6. The van der Waals surface area contributed by atoms with Crippen LogP contribution in [-0.2, 0) is 29.2 Å². The van der Waals surface area contributed by atoms with Gasteiger partial charge < -0.3 is 19.6 Å². The number of benzene rings is 2. The number of rotatable bonds is 8. The number of carbonyl (C=O) groups is 3. The maximum absolute atomic E-state index is 15.4. The molecule has 3 atom stereocenters. The zero-order valence-corrected chi connectivity index (χ0v) is 24.4. The van der Waals surface area contributed by atoms with Gasteiger partial charge in [0.2, 0.25) is 5.91 Å². The molecule has 0 saturated heterocycles. The molecule has 1 aromatic heterocycles. The molecular formula is C32H36FN5O5. The van der Waals surface area contributed by atoms with Gasteiger partial charge in [-0.25, -0.2) is 9.07 Å². The van der Waals surface area contributed by atoms with Crippen LogP contribution in [0.4, 0.5) is 4.39 Å². The molecule has 10 nitrogen and oxygen atoms in total. The highest BCUT2D eigenvalue weighted by Gasteiger charge is 2.44. The number of fused-ring (bicyclic) bond motifs is 2. The van der Waals surface area contributed by atoms with Gasteiger partial charge in [-0.15, -0.1) is 5.10 Å². The second-order valence-corrected chi connectivity index (χ2v) is 12.0. The van der Waals surface area contributed by atoms with Crippen LogP contribution < -0.4 is 4.74 Å². The predicted octanol–water partition coefficient (Wildman–Crippen LogP) is 4.55. The number of halogens is 1. The van der Waals surface area contributed by atoms with Crippen molar-refractivity contribution < 1.29 is 28.6 Å². The van der Waals surface area contributed by atoms with E-state index in [-0.39, 0.29) is 44.0 Å². The van der Waals surface area contributed by atoms with E-state index in [2.05, 4.69) is 10.3 Å². The van der Waals surface area contributed by atoms with Gasteiger partial charge in [-0.1, -0.05) is 36.3 Å². The van der Waals surface area contributed by atoms with Crippen LogP contribution in [0.1, 0.15) is 84.4 Å². The fourth-order valence-electron chi connectivity index (χ4n) is 6.75. The first-order valence-corrected chi connectivity index (χ1v) is 15.0. The average molecular weight is 590 g/mol. The van der Waals surface area contributed by atoms with Gasteiger partial charge in [0.05, 0.1) is 24.1 Å². The summed E-state index contributed by atoms with van der Waals surface area (Å²) >= 11 is 0. The molecule has 43 heavy (non-hydrogen) atoms. The highest BCUT2D eigenvalue weighted by molar-refractivity contribution is 5.98. The van der Waals surface area contributed by atoms with Gasteiger partial charge in [0.25, 0.3) is 5.91 Å². The van der Waals surface area contributed by atoms with Gasteiger partial charge in [-0.3, -0.25) is 14.4 Å². The first-order valence-electron chi connectivity index (χ1n) is 15.0. The largest absolute Gasteiger partial charge is 0.487 e. The Bertz CT molecular complexity index is 1550. The Balaban J connectivity index is 1.37. The number of ether oxygens (including phenoxy) is 1.